The van der Waals surface area contributed by atoms with Crippen LogP contribution in [0, 0.1) is 0 Å². The molecule has 0 aliphatic rings. The van der Waals surface area contributed by atoms with E-state index in [9.17, 15) is 24.3 Å². The molecule has 0 saturated heterocycles. The summed E-state index contributed by atoms with van der Waals surface area (Å²) in [6.07, 6.45) is -1.99. The molecule has 0 aromatic carbocycles. The summed E-state index contributed by atoms with van der Waals surface area (Å²) in [5.41, 5.74) is 0.299. The van der Waals surface area contributed by atoms with Crippen LogP contribution in [0.4, 0.5) is 0 Å². The van der Waals surface area contributed by atoms with E-state index in [0.717, 1.165) is 0 Å². The molecule has 10 heteroatoms. The molecule has 0 spiro atoms. The molecular formula is C25H42O10. The maximum Gasteiger partial charge on any atom is 0.306 e. The van der Waals surface area contributed by atoms with Crippen LogP contribution in [0.2, 0.25) is 0 Å². The highest BCUT2D eigenvalue weighted by Crippen LogP contribution is 2.25. The number of methoxy groups -OCH3 is 1. The van der Waals surface area contributed by atoms with E-state index in [1.807, 2.05) is 6.92 Å². The summed E-state index contributed by atoms with van der Waals surface area (Å²) >= 11 is 0. The molecule has 1 N–H and O–H groups in total. The average Bonchev–Trinajstić information content (AvgIpc) is 2.81. The Morgan fingerprint density at radius 2 is 1.14 bits per heavy atom. The SMILES string of the molecule is C/C=C(/COC(=O)CCC)[C@@H](OC(=O)CCC)[C@H](OC(=O)CCC)[C@@H](OC(=O)CCC)[C@H](O)OC. The summed E-state index contributed by atoms with van der Waals surface area (Å²) in [5, 5.41) is 10.5. The van der Waals surface area contributed by atoms with Crippen LogP contribution in [-0.2, 0) is 42.9 Å². The van der Waals surface area contributed by atoms with E-state index in [-0.39, 0.29) is 32.3 Å². The summed E-state index contributed by atoms with van der Waals surface area (Å²) in [6.45, 7) is 8.57. The van der Waals surface area contributed by atoms with Crippen molar-refractivity contribution < 1.29 is 48.0 Å². The van der Waals surface area contributed by atoms with Crippen molar-refractivity contribution >= 4 is 23.9 Å². The second-order valence-corrected chi connectivity index (χ2v) is 7.97. The Morgan fingerprint density at radius 3 is 1.57 bits per heavy atom. The van der Waals surface area contributed by atoms with Gasteiger partial charge in [0.15, 0.2) is 24.6 Å². The maximum atomic E-state index is 12.5. The summed E-state index contributed by atoms with van der Waals surface area (Å²) in [5.74, 6) is -2.35. The molecule has 0 aliphatic carbocycles. The fraction of sp³-hybridized carbons (Fsp3) is 0.760. The highest BCUT2D eigenvalue weighted by molar-refractivity contribution is 5.72. The molecule has 0 amide bonds. The highest BCUT2D eigenvalue weighted by atomic mass is 16.7. The van der Waals surface area contributed by atoms with Gasteiger partial charge in [0.05, 0.1) is 0 Å². The monoisotopic (exact) mass is 502 g/mol. The van der Waals surface area contributed by atoms with Crippen molar-refractivity contribution in [1.82, 2.24) is 0 Å². The summed E-state index contributed by atoms with van der Waals surface area (Å²) in [4.78, 5) is 49.4. The van der Waals surface area contributed by atoms with E-state index in [0.29, 0.717) is 31.3 Å². The van der Waals surface area contributed by atoms with Crippen LogP contribution < -0.4 is 0 Å². The van der Waals surface area contributed by atoms with E-state index < -0.39 is 48.5 Å². The third-order valence-electron chi connectivity index (χ3n) is 4.89. The van der Waals surface area contributed by atoms with Crippen molar-refractivity contribution in [2.75, 3.05) is 13.7 Å². The van der Waals surface area contributed by atoms with E-state index in [2.05, 4.69) is 0 Å². The molecule has 0 fully saturated rings. The zero-order valence-electron chi connectivity index (χ0n) is 21.9. The van der Waals surface area contributed by atoms with Crippen molar-refractivity contribution in [2.45, 2.75) is 111 Å². The summed E-state index contributed by atoms with van der Waals surface area (Å²) in [7, 11) is 1.19. The molecule has 4 atom stereocenters. The van der Waals surface area contributed by atoms with E-state index in [4.69, 9.17) is 23.7 Å². The predicted octanol–water partition coefficient (Wildman–Crippen LogP) is 3.38. The molecule has 0 unspecified atom stereocenters. The van der Waals surface area contributed by atoms with Gasteiger partial charge in [0.2, 0.25) is 0 Å². The minimum atomic E-state index is -1.69. The molecular weight excluding hydrogens is 460 g/mol. The van der Waals surface area contributed by atoms with Gasteiger partial charge in [-0.1, -0.05) is 33.8 Å². The first-order valence-electron chi connectivity index (χ1n) is 12.3. The largest absolute Gasteiger partial charge is 0.461 e. The van der Waals surface area contributed by atoms with Gasteiger partial charge in [-0.2, -0.15) is 0 Å². The quantitative estimate of drug-likeness (QED) is 0.129. The van der Waals surface area contributed by atoms with Crippen LogP contribution in [-0.4, -0.2) is 67.3 Å². The fourth-order valence-electron chi connectivity index (χ4n) is 3.08. The molecule has 0 aliphatic heterocycles. The summed E-state index contributed by atoms with van der Waals surface area (Å²) < 4.78 is 27.0. The Balaban J connectivity index is 6.42. The van der Waals surface area contributed by atoms with Crippen LogP contribution in [0.1, 0.15) is 86.0 Å². The lowest BCUT2D eigenvalue weighted by atomic mass is 9.98. The van der Waals surface area contributed by atoms with Gasteiger partial charge in [0, 0.05) is 38.4 Å². The third-order valence-corrected chi connectivity index (χ3v) is 4.89. The maximum absolute atomic E-state index is 12.5. The van der Waals surface area contributed by atoms with Gasteiger partial charge in [-0.15, -0.1) is 0 Å². The molecule has 0 radical (unpaired) electrons. The van der Waals surface area contributed by atoms with Gasteiger partial charge in [-0.05, 0) is 32.6 Å². The van der Waals surface area contributed by atoms with Crippen molar-refractivity contribution in [3.05, 3.63) is 11.6 Å². The Labute approximate surface area is 208 Å². The zero-order chi connectivity index (χ0) is 26.8. The molecule has 0 aromatic heterocycles. The smallest absolute Gasteiger partial charge is 0.306 e. The first kappa shape index (κ1) is 32.5. The second-order valence-electron chi connectivity index (χ2n) is 7.97. The molecule has 0 rings (SSSR count). The Hall–Kier alpha value is -2.46. The molecule has 0 saturated carbocycles. The molecule has 0 heterocycles. The number of rotatable bonds is 18. The number of allylic oxidation sites excluding steroid dienone is 1. The number of hydrogen-bond acceptors (Lipinski definition) is 10. The lowest BCUT2D eigenvalue weighted by molar-refractivity contribution is -0.222. The molecule has 202 valence electrons. The number of hydrogen-bond donors (Lipinski definition) is 1. The van der Waals surface area contributed by atoms with Crippen LogP contribution >= 0.6 is 0 Å². The zero-order valence-corrected chi connectivity index (χ0v) is 21.9. The van der Waals surface area contributed by atoms with Crippen molar-refractivity contribution in [1.29, 1.82) is 0 Å². The van der Waals surface area contributed by atoms with Crippen molar-refractivity contribution in [3.8, 4) is 0 Å². The number of aliphatic hydroxyl groups excluding tert-OH is 1. The van der Waals surface area contributed by atoms with Gasteiger partial charge >= 0.3 is 23.9 Å². The third kappa shape index (κ3) is 12.7. The van der Waals surface area contributed by atoms with Gasteiger partial charge in [-0.3, -0.25) is 19.2 Å². The Kier molecular flexibility index (Phi) is 17.5. The average molecular weight is 503 g/mol. The number of aliphatic hydroxyl groups is 1. The number of esters is 4. The molecule has 0 bridgehead atoms. The minimum absolute atomic E-state index is 0.0431. The molecule has 0 aromatic rings. The van der Waals surface area contributed by atoms with Gasteiger partial charge in [0.1, 0.15) is 6.61 Å². The summed E-state index contributed by atoms with van der Waals surface area (Å²) in [6, 6.07) is 0. The van der Waals surface area contributed by atoms with Gasteiger partial charge < -0.3 is 28.8 Å². The van der Waals surface area contributed by atoms with Crippen LogP contribution in [0.15, 0.2) is 11.6 Å². The van der Waals surface area contributed by atoms with Crippen molar-refractivity contribution in [3.63, 3.8) is 0 Å². The van der Waals surface area contributed by atoms with Crippen molar-refractivity contribution in [2.24, 2.45) is 0 Å². The van der Waals surface area contributed by atoms with Gasteiger partial charge in [-0.25, -0.2) is 0 Å². The molecule has 10 nitrogen and oxygen atoms in total. The number of ether oxygens (including phenoxy) is 5. The second kappa shape index (κ2) is 18.8. The highest BCUT2D eigenvalue weighted by Gasteiger charge is 2.44. The minimum Gasteiger partial charge on any atom is -0.461 e. The molecule has 35 heavy (non-hydrogen) atoms. The number of carbonyl (C=O) groups is 4. The normalized spacial score (nSPS) is 14.9. The van der Waals surface area contributed by atoms with Crippen LogP contribution in [0.3, 0.4) is 0 Å². The first-order valence-corrected chi connectivity index (χ1v) is 12.3. The number of carbonyl (C=O) groups excluding carboxylic acids is 4. The van der Waals surface area contributed by atoms with E-state index in [1.54, 1.807) is 33.8 Å². The van der Waals surface area contributed by atoms with Crippen LogP contribution in [0.5, 0.6) is 0 Å². The Bertz CT molecular complexity index is 688. The van der Waals surface area contributed by atoms with Gasteiger partial charge in [0.25, 0.3) is 0 Å². The topological polar surface area (TPSA) is 135 Å². The first-order chi connectivity index (χ1) is 16.7. The Morgan fingerprint density at radius 1 is 0.714 bits per heavy atom. The van der Waals surface area contributed by atoms with Crippen LogP contribution in [0.25, 0.3) is 0 Å². The van der Waals surface area contributed by atoms with E-state index in [1.165, 1.54) is 7.11 Å². The lowest BCUT2D eigenvalue weighted by Gasteiger charge is -2.35. The van der Waals surface area contributed by atoms with E-state index >= 15 is 0 Å². The fourth-order valence-corrected chi connectivity index (χ4v) is 3.08. The standard InChI is InChI=1S/C25H42O10/c1-7-12-18(26)32-16-17(11-5)22(33-19(27)13-8-2)23(34-20(28)14-9-3)24(25(30)31-6)35-21(29)15-10-4/h11,22-25,30H,7-10,12-16H2,1-6H3/b17-11-/t22-,23+,24-,25-/m1/s1. The predicted molar refractivity (Wildman–Crippen MR) is 127 cm³/mol. The lowest BCUT2D eigenvalue weighted by Crippen LogP contribution is -2.52.